The third kappa shape index (κ3) is 4.34. The molecule has 4 heteroatoms. The fourth-order valence-electron chi connectivity index (χ4n) is 0.548. The van der Waals surface area contributed by atoms with Gasteiger partial charge in [-0.2, -0.15) is 0 Å². The Labute approximate surface area is 77.0 Å². The SMILES string of the molecule is CC(=O)OCCC(C)(C)C(=O)Cl. The Hall–Kier alpha value is -0.570. The first kappa shape index (κ1) is 11.4. The van der Waals surface area contributed by atoms with Gasteiger partial charge in [0, 0.05) is 12.3 Å². The molecule has 70 valence electrons. The van der Waals surface area contributed by atoms with Gasteiger partial charge in [0.15, 0.2) is 0 Å². The van der Waals surface area contributed by atoms with Crippen molar-refractivity contribution < 1.29 is 14.3 Å². The lowest BCUT2D eigenvalue weighted by Crippen LogP contribution is -2.22. The first-order chi connectivity index (χ1) is 5.36. The van der Waals surface area contributed by atoms with Crippen LogP contribution in [0.25, 0.3) is 0 Å². The van der Waals surface area contributed by atoms with E-state index in [1.54, 1.807) is 13.8 Å². The molecule has 0 heterocycles. The van der Waals surface area contributed by atoms with Crippen LogP contribution in [0.5, 0.6) is 0 Å². The van der Waals surface area contributed by atoms with E-state index in [-0.39, 0.29) is 12.6 Å². The number of esters is 1. The number of ether oxygens (including phenoxy) is 1. The smallest absolute Gasteiger partial charge is 0.302 e. The van der Waals surface area contributed by atoms with Crippen LogP contribution in [0, 0.1) is 5.41 Å². The highest BCUT2D eigenvalue weighted by Gasteiger charge is 2.25. The summed E-state index contributed by atoms with van der Waals surface area (Å²) in [6.07, 6.45) is 0.453. The molecule has 0 atom stereocenters. The Balaban J connectivity index is 3.76. The van der Waals surface area contributed by atoms with Crippen molar-refractivity contribution in [2.75, 3.05) is 6.61 Å². The fourth-order valence-corrected chi connectivity index (χ4v) is 0.643. The summed E-state index contributed by atoms with van der Waals surface area (Å²) in [6, 6.07) is 0. The van der Waals surface area contributed by atoms with Gasteiger partial charge in [0.25, 0.3) is 0 Å². The first-order valence-electron chi connectivity index (χ1n) is 3.69. The second-order valence-corrected chi connectivity index (χ2v) is 3.59. The molecule has 0 aromatic carbocycles. The third-order valence-corrected chi connectivity index (χ3v) is 2.08. The molecule has 3 nitrogen and oxygen atoms in total. The average molecular weight is 193 g/mol. The van der Waals surface area contributed by atoms with Crippen molar-refractivity contribution in [3.05, 3.63) is 0 Å². The summed E-state index contributed by atoms with van der Waals surface area (Å²) in [5, 5.41) is -0.408. The number of rotatable bonds is 4. The van der Waals surface area contributed by atoms with Crippen molar-refractivity contribution in [2.24, 2.45) is 5.41 Å². The van der Waals surface area contributed by atoms with E-state index >= 15 is 0 Å². The lowest BCUT2D eigenvalue weighted by molar-refractivity contribution is -0.142. The maximum absolute atomic E-state index is 10.8. The maximum Gasteiger partial charge on any atom is 0.302 e. The molecule has 0 bridgehead atoms. The normalized spacial score (nSPS) is 11.0. The molecule has 0 rings (SSSR count). The molecular weight excluding hydrogens is 180 g/mol. The largest absolute Gasteiger partial charge is 0.466 e. The van der Waals surface area contributed by atoms with Crippen LogP contribution in [0.15, 0.2) is 0 Å². The lowest BCUT2D eigenvalue weighted by atomic mass is 9.92. The summed E-state index contributed by atoms with van der Waals surface area (Å²) in [5.41, 5.74) is -0.614. The zero-order valence-corrected chi connectivity index (χ0v) is 8.27. The Morgan fingerprint density at radius 2 is 1.92 bits per heavy atom. The number of hydrogen-bond acceptors (Lipinski definition) is 3. The van der Waals surface area contributed by atoms with E-state index in [2.05, 4.69) is 4.74 Å². The molecule has 0 aromatic heterocycles. The molecule has 0 aliphatic rings. The predicted molar refractivity (Wildman–Crippen MR) is 45.9 cm³/mol. The van der Waals surface area contributed by atoms with Crippen molar-refractivity contribution >= 4 is 22.8 Å². The van der Waals surface area contributed by atoms with Crippen LogP contribution in [-0.4, -0.2) is 17.8 Å². The number of hydrogen-bond donors (Lipinski definition) is 0. The van der Waals surface area contributed by atoms with Crippen LogP contribution in [0.2, 0.25) is 0 Å². The van der Waals surface area contributed by atoms with Gasteiger partial charge < -0.3 is 4.74 Å². The van der Waals surface area contributed by atoms with Crippen molar-refractivity contribution in [3.63, 3.8) is 0 Å². The van der Waals surface area contributed by atoms with Gasteiger partial charge in [0.1, 0.15) is 0 Å². The van der Waals surface area contributed by atoms with Gasteiger partial charge in [0.2, 0.25) is 5.24 Å². The van der Waals surface area contributed by atoms with Crippen molar-refractivity contribution in [1.82, 2.24) is 0 Å². The molecule has 12 heavy (non-hydrogen) atoms. The molecule has 0 saturated carbocycles. The molecule has 0 radical (unpaired) electrons. The summed E-state index contributed by atoms with van der Waals surface area (Å²) in [5.74, 6) is -0.340. The van der Waals surface area contributed by atoms with Crippen molar-refractivity contribution in [3.8, 4) is 0 Å². The minimum absolute atomic E-state index is 0.237. The maximum atomic E-state index is 10.8. The third-order valence-electron chi connectivity index (χ3n) is 1.56. The van der Waals surface area contributed by atoms with E-state index in [0.717, 1.165) is 0 Å². The number of carbonyl (C=O) groups excluding carboxylic acids is 2. The molecule has 0 amide bonds. The molecule has 0 N–H and O–H groups in total. The van der Waals surface area contributed by atoms with Crippen molar-refractivity contribution in [1.29, 1.82) is 0 Å². The summed E-state index contributed by atoms with van der Waals surface area (Å²) >= 11 is 5.31. The first-order valence-corrected chi connectivity index (χ1v) is 4.07. The summed E-state index contributed by atoms with van der Waals surface area (Å²) < 4.78 is 4.68. The van der Waals surface area contributed by atoms with Gasteiger partial charge in [-0.15, -0.1) is 0 Å². The van der Waals surface area contributed by atoms with E-state index in [1.165, 1.54) is 6.92 Å². The van der Waals surface area contributed by atoms with Gasteiger partial charge in [-0.1, -0.05) is 13.8 Å². The monoisotopic (exact) mass is 192 g/mol. The Bertz CT molecular complexity index is 187. The minimum atomic E-state index is -0.614. The van der Waals surface area contributed by atoms with E-state index in [4.69, 9.17) is 11.6 Å². The summed E-state index contributed by atoms with van der Waals surface area (Å²) in [7, 11) is 0. The summed E-state index contributed by atoms with van der Waals surface area (Å²) in [6.45, 7) is 4.99. The molecule has 0 aliphatic heterocycles. The van der Waals surface area contributed by atoms with Crippen molar-refractivity contribution in [2.45, 2.75) is 27.2 Å². The second-order valence-electron chi connectivity index (χ2n) is 3.25. The average Bonchev–Trinajstić information content (AvgIpc) is 1.85. The van der Waals surface area contributed by atoms with Gasteiger partial charge in [-0.3, -0.25) is 9.59 Å². The molecular formula is C8H13ClO3. The molecule has 0 spiro atoms. The fraction of sp³-hybridized carbons (Fsp3) is 0.750. The highest BCUT2D eigenvalue weighted by molar-refractivity contribution is 6.64. The topological polar surface area (TPSA) is 43.4 Å². The van der Waals surface area contributed by atoms with Crippen LogP contribution in [0.4, 0.5) is 0 Å². The molecule has 0 unspecified atom stereocenters. The minimum Gasteiger partial charge on any atom is -0.466 e. The Morgan fingerprint density at radius 3 is 2.25 bits per heavy atom. The van der Waals surface area contributed by atoms with Gasteiger partial charge in [0.05, 0.1) is 6.61 Å². The highest BCUT2D eigenvalue weighted by atomic mass is 35.5. The zero-order valence-electron chi connectivity index (χ0n) is 7.52. The van der Waals surface area contributed by atoms with Crippen LogP contribution < -0.4 is 0 Å². The van der Waals surface area contributed by atoms with Crippen LogP contribution in [0.3, 0.4) is 0 Å². The Kier molecular flexibility index (Phi) is 4.24. The molecule has 0 saturated heterocycles. The van der Waals surface area contributed by atoms with Gasteiger partial charge in [-0.25, -0.2) is 0 Å². The summed E-state index contributed by atoms with van der Waals surface area (Å²) in [4.78, 5) is 21.1. The molecule has 0 aromatic rings. The van der Waals surface area contributed by atoms with E-state index in [1.807, 2.05) is 0 Å². The van der Waals surface area contributed by atoms with Crippen LogP contribution in [-0.2, 0) is 14.3 Å². The molecule has 0 fully saturated rings. The van der Waals surface area contributed by atoms with Crippen LogP contribution >= 0.6 is 11.6 Å². The Morgan fingerprint density at radius 1 is 1.42 bits per heavy atom. The van der Waals surface area contributed by atoms with E-state index < -0.39 is 10.7 Å². The second kappa shape index (κ2) is 4.45. The number of halogens is 1. The van der Waals surface area contributed by atoms with Crippen LogP contribution in [0.1, 0.15) is 27.2 Å². The van der Waals surface area contributed by atoms with E-state index in [0.29, 0.717) is 6.42 Å². The highest BCUT2D eigenvalue weighted by Crippen LogP contribution is 2.23. The standard InChI is InChI=1S/C8H13ClO3/c1-6(10)12-5-4-8(2,3)7(9)11/h4-5H2,1-3H3. The lowest BCUT2D eigenvalue weighted by Gasteiger charge is -2.18. The molecule has 0 aliphatic carbocycles. The van der Waals surface area contributed by atoms with E-state index in [9.17, 15) is 9.59 Å². The quantitative estimate of drug-likeness (QED) is 0.503. The zero-order chi connectivity index (χ0) is 9.78. The number of carbonyl (C=O) groups is 2. The predicted octanol–water partition coefficient (Wildman–Crippen LogP) is 1.73. The van der Waals surface area contributed by atoms with Gasteiger partial charge >= 0.3 is 5.97 Å². The van der Waals surface area contributed by atoms with Gasteiger partial charge in [-0.05, 0) is 18.0 Å².